The average Bonchev–Trinajstić information content (AvgIpc) is 3.54. The number of nitrogens with one attached hydrogen (secondary N) is 1. The van der Waals surface area contributed by atoms with Gasteiger partial charge in [-0.25, -0.2) is 9.37 Å². The van der Waals surface area contributed by atoms with Gasteiger partial charge in [-0.1, -0.05) is 31.5 Å². The van der Waals surface area contributed by atoms with E-state index in [1.165, 1.54) is 43.9 Å². The van der Waals surface area contributed by atoms with Crippen molar-refractivity contribution in [2.75, 3.05) is 5.32 Å². The summed E-state index contributed by atoms with van der Waals surface area (Å²) < 4.78 is 13.7. The van der Waals surface area contributed by atoms with Crippen LogP contribution in [0.15, 0.2) is 35.3 Å². The van der Waals surface area contributed by atoms with Crippen molar-refractivity contribution in [1.82, 2.24) is 4.98 Å². The summed E-state index contributed by atoms with van der Waals surface area (Å²) in [5.74, 6) is 0.217. The minimum absolute atomic E-state index is 0.0622. The molecule has 1 N–H and O–H groups in total. The number of fused-ring (bicyclic) bond motifs is 1. The van der Waals surface area contributed by atoms with Crippen molar-refractivity contribution in [2.45, 2.75) is 76.3 Å². The van der Waals surface area contributed by atoms with Gasteiger partial charge in [0.2, 0.25) is 0 Å². The number of aliphatic imine (C=N–C) groups is 1. The second kappa shape index (κ2) is 7.64. The Hall–Kier alpha value is -1.94. The molecule has 0 saturated heterocycles. The van der Waals surface area contributed by atoms with Crippen molar-refractivity contribution in [3.05, 3.63) is 58.1 Å². The summed E-state index contributed by atoms with van der Waals surface area (Å²) in [6.45, 7) is 4.52. The van der Waals surface area contributed by atoms with Gasteiger partial charge < -0.3 is 5.32 Å². The summed E-state index contributed by atoms with van der Waals surface area (Å²) >= 11 is 6.06. The first-order chi connectivity index (χ1) is 14.5. The lowest BCUT2D eigenvalue weighted by atomic mass is 9.73. The average molecular weight is 426 g/mol. The lowest BCUT2D eigenvalue weighted by Gasteiger charge is -2.40. The van der Waals surface area contributed by atoms with E-state index in [1.54, 1.807) is 6.07 Å². The van der Waals surface area contributed by atoms with Crippen LogP contribution in [0, 0.1) is 11.7 Å². The molecule has 2 unspecified atom stereocenters. The zero-order valence-corrected chi connectivity index (χ0v) is 18.5. The Kier molecular flexibility index (Phi) is 5.09. The molecule has 3 nitrogen and oxygen atoms in total. The molecule has 1 aromatic heterocycles. The Morgan fingerprint density at radius 2 is 2.03 bits per heavy atom. The van der Waals surface area contributed by atoms with Crippen molar-refractivity contribution in [2.24, 2.45) is 10.9 Å². The molecule has 2 atom stereocenters. The van der Waals surface area contributed by atoms with Crippen LogP contribution in [0.5, 0.6) is 0 Å². The summed E-state index contributed by atoms with van der Waals surface area (Å²) in [7, 11) is 0. The van der Waals surface area contributed by atoms with Gasteiger partial charge in [0.05, 0.1) is 39.9 Å². The van der Waals surface area contributed by atoms with E-state index >= 15 is 0 Å². The molecule has 2 saturated carbocycles. The number of rotatable bonds is 5. The van der Waals surface area contributed by atoms with Gasteiger partial charge in [-0.3, -0.25) is 4.99 Å². The normalized spacial score (nSPS) is 26.7. The maximum Gasteiger partial charge on any atom is 0.141 e. The fourth-order valence-corrected chi connectivity index (χ4v) is 4.85. The highest BCUT2D eigenvalue weighted by atomic mass is 35.5. The molecular weight excluding hydrogens is 397 g/mol. The second-order valence-corrected chi connectivity index (χ2v) is 9.86. The van der Waals surface area contributed by atoms with E-state index in [1.807, 2.05) is 6.07 Å². The Morgan fingerprint density at radius 1 is 1.23 bits per heavy atom. The Morgan fingerprint density at radius 3 is 2.67 bits per heavy atom. The predicted octanol–water partition coefficient (Wildman–Crippen LogP) is 6.85. The standard InChI is InChI=1S/C25H29ClFN3/c1-3-25(2)14-22(16-9-10-19(27)18(26)13-16)29-21-12-11-20(30-24(21)25)23(15-7-8-15)28-17-5-4-6-17/h9-13,15,17,22,29H,3-8,14H2,1-2H3. The van der Waals surface area contributed by atoms with E-state index in [-0.39, 0.29) is 22.3 Å². The summed E-state index contributed by atoms with van der Waals surface area (Å²) in [4.78, 5) is 10.3. The van der Waals surface area contributed by atoms with Crippen LogP contribution in [0.3, 0.4) is 0 Å². The van der Waals surface area contributed by atoms with Crippen LogP contribution in [0.1, 0.15) is 81.8 Å². The van der Waals surface area contributed by atoms with Crippen LogP contribution in [0.2, 0.25) is 5.02 Å². The lowest BCUT2D eigenvalue weighted by molar-refractivity contribution is 0.367. The van der Waals surface area contributed by atoms with Crippen LogP contribution in [-0.4, -0.2) is 16.7 Å². The lowest BCUT2D eigenvalue weighted by Crippen LogP contribution is -2.35. The number of halogens is 2. The molecule has 0 bridgehead atoms. The quantitative estimate of drug-likeness (QED) is 0.532. The van der Waals surface area contributed by atoms with Gasteiger partial charge in [-0.2, -0.15) is 0 Å². The van der Waals surface area contributed by atoms with E-state index in [0.29, 0.717) is 12.0 Å². The molecule has 30 heavy (non-hydrogen) atoms. The van der Waals surface area contributed by atoms with E-state index in [4.69, 9.17) is 21.6 Å². The molecular formula is C25H29ClFN3. The van der Waals surface area contributed by atoms with E-state index in [9.17, 15) is 4.39 Å². The fourth-order valence-electron chi connectivity index (χ4n) is 4.66. The Labute approximate surface area is 183 Å². The molecule has 158 valence electrons. The number of aromatic nitrogens is 1. The predicted molar refractivity (Wildman–Crippen MR) is 121 cm³/mol. The van der Waals surface area contributed by atoms with Crippen molar-refractivity contribution >= 4 is 23.0 Å². The van der Waals surface area contributed by atoms with Gasteiger partial charge in [-0.15, -0.1) is 0 Å². The smallest absolute Gasteiger partial charge is 0.141 e. The topological polar surface area (TPSA) is 37.3 Å². The van der Waals surface area contributed by atoms with Gasteiger partial charge in [-0.05, 0) is 74.8 Å². The van der Waals surface area contributed by atoms with Crippen molar-refractivity contribution in [1.29, 1.82) is 0 Å². The van der Waals surface area contributed by atoms with Gasteiger partial charge in [0.1, 0.15) is 5.82 Å². The van der Waals surface area contributed by atoms with Crippen molar-refractivity contribution in [3.8, 4) is 0 Å². The van der Waals surface area contributed by atoms with Crippen LogP contribution in [-0.2, 0) is 5.41 Å². The molecule has 3 aliphatic rings. The van der Waals surface area contributed by atoms with Gasteiger partial charge in [0.25, 0.3) is 0 Å². The summed E-state index contributed by atoms with van der Waals surface area (Å²) in [6.07, 6.45) is 8.10. The molecule has 0 radical (unpaired) electrons. The van der Waals surface area contributed by atoms with Crippen molar-refractivity contribution < 1.29 is 4.39 Å². The minimum Gasteiger partial charge on any atom is -0.377 e. The number of hydrogen-bond donors (Lipinski definition) is 1. The van der Waals surface area contributed by atoms with E-state index in [2.05, 4.69) is 31.3 Å². The Bertz CT molecular complexity index is 996. The summed E-state index contributed by atoms with van der Waals surface area (Å²) in [5.41, 5.74) is 5.45. The van der Waals surface area contributed by atoms with Gasteiger partial charge in [0, 0.05) is 11.3 Å². The highest BCUT2D eigenvalue weighted by Crippen LogP contribution is 2.46. The summed E-state index contributed by atoms with van der Waals surface area (Å²) in [6, 6.07) is 9.92. The SMILES string of the molecule is CCC1(C)CC(c2ccc(F)c(Cl)c2)Nc2ccc(C(=NC3CCC3)C3CC3)nc21. The molecule has 0 amide bonds. The molecule has 2 fully saturated rings. The molecule has 2 aliphatic carbocycles. The molecule has 5 heteroatoms. The van der Waals surface area contributed by atoms with Gasteiger partial charge in [0.15, 0.2) is 0 Å². The fraction of sp³-hybridized carbons (Fsp3) is 0.520. The van der Waals surface area contributed by atoms with Crippen LogP contribution < -0.4 is 5.32 Å². The second-order valence-electron chi connectivity index (χ2n) is 9.45. The Balaban J connectivity index is 1.50. The molecule has 5 rings (SSSR count). The van der Waals surface area contributed by atoms with E-state index < -0.39 is 0 Å². The highest BCUT2D eigenvalue weighted by molar-refractivity contribution is 6.30. The third-order valence-electron chi connectivity index (χ3n) is 7.20. The number of anilines is 1. The number of benzene rings is 1. The maximum atomic E-state index is 13.7. The maximum absolute atomic E-state index is 13.7. The third-order valence-corrected chi connectivity index (χ3v) is 7.49. The highest BCUT2D eigenvalue weighted by Gasteiger charge is 2.39. The first-order valence-electron chi connectivity index (χ1n) is 11.3. The molecule has 0 spiro atoms. The largest absolute Gasteiger partial charge is 0.377 e. The first-order valence-corrected chi connectivity index (χ1v) is 11.7. The number of pyridine rings is 1. The van der Waals surface area contributed by atoms with Gasteiger partial charge >= 0.3 is 0 Å². The minimum atomic E-state index is -0.375. The van der Waals surface area contributed by atoms with E-state index in [0.717, 1.165) is 35.5 Å². The van der Waals surface area contributed by atoms with Crippen LogP contribution >= 0.6 is 11.6 Å². The van der Waals surface area contributed by atoms with Crippen LogP contribution in [0.25, 0.3) is 0 Å². The first kappa shape index (κ1) is 20.0. The van der Waals surface area contributed by atoms with Crippen LogP contribution in [0.4, 0.5) is 10.1 Å². The van der Waals surface area contributed by atoms with Crippen molar-refractivity contribution in [3.63, 3.8) is 0 Å². The monoisotopic (exact) mass is 425 g/mol. The third kappa shape index (κ3) is 3.64. The summed E-state index contributed by atoms with van der Waals surface area (Å²) in [5, 5.41) is 3.81. The zero-order valence-electron chi connectivity index (χ0n) is 17.7. The number of nitrogens with zero attached hydrogens (tertiary/aromatic N) is 2. The molecule has 1 aromatic carbocycles. The molecule has 2 aromatic rings. The number of hydrogen-bond acceptors (Lipinski definition) is 3. The zero-order chi connectivity index (χ0) is 20.9. The molecule has 2 heterocycles. The molecule has 1 aliphatic heterocycles.